The number of oxime groups is 1. The summed E-state index contributed by atoms with van der Waals surface area (Å²) in [6.45, 7) is 4.34. The Hall–Kier alpha value is -1.31. The van der Waals surface area contributed by atoms with Crippen LogP contribution in [-0.2, 0) is 9.57 Å². The number of nitrogens with one attached hydrogen (secondary N) is 1. The van der Waals surface area contributed by atoms with Crippen LogP contribution in [0, 0.1) is 0 Å². The first-order chi connectivity index (χ1) is 12.1. The van der Waals surface area contributed by atoms with Gasteiger partial charge in [0.25, 0.3) is 0 Å². The highest BCUT2D eigenvalue weighted by atomic mass is 35.5. The molecule has 0 radical (unpaired) electrons. The fraction of sp³-hybridized carbons (Fsp3) is 0.471. The van der Waals surface area contributed by atoms with Gasteiger partial charge in [0.2, 0.25) is 0 Å². The van der Waals surface area contributed by atoms with E-state index in [2.05, 4.69) is 5.16 Å². The fourth-order valence-electron chi connectivity index (χ4n) is 2.77. The van der Waals surface area contributed by atoms with E-state index in [-0.39, 0.29) is 6.61 Å². The Balaban J connectivity index is 1.51. The number of halogens is 2. The molecule has 1 aromatic carbocycles. The van der Waals surface area contributed by atoms with E-state index in [9.17, 15) is 5.11 Å². The maximum Gasteiger partial charge on any atom is 0.148 e. The third-order valence-electron chi connectivity index (χ3n) is 4.12. The number of hydrogen-bond donors (Lipinski definition) is 2. The van der Waals surface area contributed by atoms with E-state index < -0.39 is 6.10 Å². The number of rotatable bonds is 6. The van der Waals surface area contributed by atoms with Crippen molar-refractivity contribution < 1.29 is 24.3 Å². The van der Waals surface area contributed by atoms with Crippen LogP contribution in [-0.4, -0.2) is 63.5 Å². The van der Waals surface area contributed by atoms with Crippen LogP contribution < -0.4 is 9.64 Å². The Bertz CT molecular complexity index is 660. The van der Waals surface area contributed by atoms with Crippen molar-refractivity contribution >= 4 is 34.4 Å². The zero-order valence-electron chi connectivity index (χ0n) is 13.7. The number of aliphatic hydroxyl groups excluding tert-OH is 1. The molecule has 3 rings (SSSR count). The van der Waals surface area contributed by atoms with Crippen LogP contribution in [0.25, 0.3) is 5.03 Å². The van der Waals surface area contributed by atoms with E-state index in [1.54, 1.807) is 18.2 Å². The van der Waals surface area contributed by atoms with E-state index in [1.807, 2.05) is 0 Å². The molecule has 25 heavy (non-hydrogen) atoms. The van der Waals surface area contributed by atoms with Gasteiger partial charge in [0, 0.05) is 16.2 Å². The summed E-state index contributed by atoms with van der Waals surface area (Å²) in [7, 11) is 0. The second-order valence-corrected chi connectivity index (χ2v) is 6.83. The lowest BCUT2D eigenvalue weighted by Crippen LogP contribution is -3.15. The Morgan fingerprint density at radius 1 is 1.32 bits per heavy atom. The molecule has 0 aliphatic carbocycles. The highest BCUT2D eigenvalue weighted by Gasteiger charge is 2.20. The van der Waals surface area contributed by atoms with Crippen LogP contribution in [0.15, 0.2) is 28.9 Å². The van der Waals surface area contributed by atoms with Crippen LogP contribution in [0.5, 0.6) is 5.75 Å². The fourth-order valence-corrected chi connectivity index (χ4v) is 3.19. The first kappa shape index (κ1) is 18.5. The molecule has 6 nitrogen and oxygen atoms in total. The highest BCUT2D eigenvalue weighted by molar-refractivity contribution is 6.51. The Kier molecular flexibility index (Phi) is 6.56. The third kappa shape index (κ3) is 5.09. The Morgan fingerprint density at radius 3 is 2.92 bits per heavy atom. The third-order valence-corrected chi connectivity index (χ3v) is 4.80. The summed E-state index contributed by atoms with van der Waals surface area (Å²) in [5.74, 6) is 0.691. The van der Waals surface area contributed by atoms with Gasteiger partial charge < -0.3 is 24.3 Å². The van der Waals surface area contributed by atoms with Gasteiger partial charge in [-0.3, -0.25) is 0 Å². The quantitative estimate of drug-likeness (QED) is 0.563. The second kappa shape index (κ2) is 8.87. The first-order valence-electron chi connectivity index (χ1n) is 8.19. The van der Waals surface area contributed by atoms with Gasteiger partial charge in [0.15, 0.2) is 0 Å². The van der Waals surface area contributed by atoms with Gasteiger partial charge in [-0.2, -0.15) is 0 Å². The minimum absolute atomic E-state index is 0.134. The average Bonchev–Trinajstić information content (AvgIpc) is 2.62. The van der Waals surface area contributed by atoms with E-state index in [4.69, 9.17) is 37.5 Å². The van der Waals surface area contributed by atoms with Gasteiger partial charge in [-0.05, 0) is 18.2 Å². The minimum Gasteiger partial charge on any atom is -0.488 e. The summed E-state index contributed by atoms with van der Waals surface area (Å²) < 4.78 is 10.9. The van der Waals surface area contributed by atoms with Gasteiger partial charge >= 0.3 is 0 Å². The van der Waals surface area contributed by atoms with Gasteiger partial charge in [-0.25, -0.2) is 0 Å². The molecule has 0 amide bonds. The summed E-state index contributed by atoms with van der Waals surface area (Å²) in [5.41, 5.74) is 1.43. The van der Waals surface area contributed by atoms with Crippen molar-refractivity contribution in [2.45, 2.75) is 6.10 Å². The number of nitrogens with zero attached hydrogens (tertiary/aromatic N) is 1. The number of ether oxygens (including phenoxy) is 2. The molecule has 2 heterocycles. The van der Waals surface area contributed by atoms with Gasteiger partial charge in [-0.1, -0.05) is 28.4 Å². The van der Waals surface area contributed by atoms with E-state index >= 15 is 0 Å². The zero-order valence-corrected chi connectivity index (χ0v) is 15.2. The Labute approximate surface area is 156 Å². The van der Waals surface area contributed by atoms with Gasteiger partial charge in [0.05, 0.1) is 24.5 Å². The summed E-state index contributed by atoms with van der Waals surface area (Å²) in [6.07, 6.45) is 0.942. The predicted octanol–water partition coefficient (Wildman–Crippen LogP) is 0.961. The van der Waals surface area contributed by atoms with Crippen molar-refractivity contribution in [3.63, 3.8) is 0 Å². The van der Waals surface area contributed by atoms with Crippen molar-refractivity contribution in [1.82, 2.24) is 0 Å². The van der Waals surface area contributed by atoms with Gasteiger partial charge in [-0.15, -0.1) is 0 Å². The molecule has 1 saturated heterocycles. The van der Waals surface area contributed by atoms with Crippen molar-refractivity contribution in [2.24, 2.45) is 5.16 Å². The summed E-state index contributed by atoms with van der Waals surface area (Å²) >= 11 is 12.4. The number of quaternary nitrogens is 1. The molecule has 0 bridgehead atoms. The van der Waals surface area contributed by atoms with Gasteiger partial charge in [0.1, 0.15) is 44.7 Å². The van der Waals surface area contributed by atoms with Crippen LogP contribution in [0.1, 0.15) is 5.56 Å². The largest absolute Gasteiger partial charge is 0.488 e. The molecule has 1 fully saturated rings. The van der Waals surface area contributed by atoms with E-state index in [0.717, 1.165) is 31.9 Å². The average molecular weight is 388 g/mol. The standard InChI is InChI=1S/C17H20Cl2N2O4/c18-13-1-2-16-15(7-13)17(19)12(10-24-16)8-20-25-11-14(22)9-21-3-5-23-6-4-21/h1-2,7-8,14,22H,3-6,9-11H2/p+1/b20-8-/t14-/m0/s1. The maximum absolute atomic E-state index is 10.0. The second-order valence-electron chi connectivity index (χ2n) is 6.02. The first-order valence-corrected chi connectivity index (χ1v) is 8.95. The van der Waals surface area contributed by atoms with Crippen LogP contribution in [0.4, 0.5) is 0 Å². The molecular formula is C17H21Cl2N2O4+. The maximum atomic E-state index is 10.0. The zero-order chi connectivity index (χ0) is 17.6. The van der Waals surface area contributed by atoms with Crippen LogP contribution in [0.2, 0.25) is 5.02 Å². The van der Waals surface area contributed by atoms with Crippen molar-refractivity contribution in [1.29, 1.82) is 0 Å². The van der Waals surface area contributed by atoms with E-state index in [0.29, 0.717) is 34.5 Å². The summed E-state index contributed by atoms with van der Waals surface area (Å²) in [5, 5.41) is 15.0. The normalized spacial score (nSPS) is 19.6. The number of morpholine rings is 1. The molecule has 1 atom stereocenters. The van der Waals surface area contributed by atoms with Crippen molar-refractivity contribution in [3.8, 4) is 5.75 Å². The number of hydrogen-bond acceptors (Lipinski definition) is 5. The summed E-state index contributed by atoms with van der Waals surface area (Å²) in [4.78, 5) is 6.51. The molecule has 2 N–H and O–H groups in total. The SMILES string of the molecule is O[C@H](CO/N=C\C1=C(Cl)c2cc(Cl)ccc2OC1)C[NH+]1CCOCC1. The van der Waals surface area contributed by atoms with Crippen molar-refractivity contribution in [2.75, 3.05) is 46.1 Å². The molecule has 0 spiro atoms. The predicted molar refractivity (Wildman–Crippen MR) is 96.6 cm³/mol. The van der Waals surface area contributed by atoms with Crippen LogP contribution >= 0.6 is 23.2 Å². The molecule has 1 aromatic rings. The minimum atomic E-state index is -0.572. The lowest BCUT2D eigenvalue weighted by molar-refractivity contribution is -0.911. The monoisotopic (exact) mass is 387 g/mol. The molecular weight excluding hydrogens is 367 g/mol. The smallest absolute Gasteiger partial charge is 0.148 e. The molecule has 0 aromatic heterocycles. The highest BCUT2D eigenvalue weighted by Crippen LogP contribution is 2.36. The molecule has 8 heteroatoms. The molecule has 2 aliphatic rings. The number of aliphatic hydroxyl groups is 1. The Morgan fingerprint density at radius 2 is 2.12 bits per heavy atom. The number of benzene rings is 1. The van der Waals surface area contributed by atoms with E-state index in [1.165, 1.54) is 11.1 Å². The van der Waals surface area contributed by atoms with Crippen LogP contribution in [0.3, 0.4) is 0 Å². The molecule has 136 valence electrons. The molecule has 2 aliphatic heterocycles. The number of fused-ring (bicyclic) bond motifs is 1. The molecule has 0 unspecified atom stereocenters. The topological polar surface area (TPSA) is 64.7 Å². The summed E-state index contributed by atoms with van der Waals surface area (Å²) in [6, 6.07) is 5.29. The van der Waals surface area contributed by atoms with Crippen molar-refractivity contribution in [3.05, 3.63) is 34.4 Å². The molecule has 0 saturated carbocycles. The lowest BCUT2D eigenvalue weighted by Gasteiger charge is -2.25. The lowest BCUT2D eigenvalue weighted by atomic mass is 10.1.